The van der Waals surface area contributed by atoms with Crippen LogP contribution in [0.2, 0.25) is 10.3 Å². The van der Waals surface area contributed by atoms with Crippen LogP contribution in [0.1, 0.15) is 24.8 Å². The monoisotopic (exact) mass is 284 g/mol. The Hall–Kier alpha value is -0.800. The lowest BCUT2D eigenvalue weighted by atomic mass is 10.1. The van der Waals surface area contributed by atoms with Crippen LogP contribution in [0.5, 0.6) is 0 Å². The van der Waals surface area contributed by atoms with Crippen molar-refractivity contribution in [2.45, 2.75) is 26.2 Å². The van der Waals surface area contributed by atoms with Crippen LogP contribution in [-0.2, 0) is 4.79 Å². The molecule has 2 saturated carbocycles. The maximum absolute atomic E-state index is 12.1. The van der Waals surface area contributed by atoms with Crippen molar-refractivity contribution in [1.82, 2.24) is 4.98 Å². The van der Waals surface area contributed by atoms with Crippen LogP contribution in [0.15, 0.2) is 6.07 Å². The zero-order valence-electron chi connectivity index (χ0n) is 10.0. The van der Waals surface area contributed by atoms with Gasteiger partial charge in [-0.2, -0.15) is 0 Å². The van der Waals surface area contributed by atoms with E-state index in [0.29, 0.717) is 22.7 Å². The van der Waals surface area contributed by atoms with Crippen molar-refractivity contribution in [3.05, 3.63) is 21.9 Å². The van der Waals surface area contributed by atoms with Gasteiger partial charge >= 0.3 is 0 Å². The molecule has 2 unspecified atom stereocenters. The van der Waals surface area contributed by atoms with Crippen molar-refractivity contribution >= 4 is 34.8 Å². The minimum atomic E-state index is 0.0822. The molecule has 1 aromatic rings. The number of fused-ring (bicyclic) bond motifs is 1. The third-order valence-corrected chi connectivity index (χ3v) is 4.57. The SMILES string of the molecule is Cc1cc(Cl)nc(Cl)c1NC(=O)C1C2CCCC21. The van der Waals surface area contributed by atoms with Gasteiger partial charge in [-0.25, -0.2) is 4.98 Å². The highest BCUT2D eigenvalue weighted by Crippen LogP contribution is 2.57. The Morgan fingerprint density at radius 3 is 2.67 bits per heavy atom. The Bertz CT molecular complexity index is 485. The van der Waals surface area contributed by atoms with Crippen molar-refractivity contribution in [3.63, 3.8) is 0 Å². The van der Waals surface area contributed by atoms with Gasteiger partial charge in [-0.1, -0.05) is 29.6 Å². The fourth-order valence-electron chi connectivity index (χ4n) is 3.16. The van der Waals surface area contributed by atoms with Crippen LogP contribution in [0, 0.1) is 24.7 Å². The predicted octanol–water partition coefficient (Wildman–Crippen LogP) is 3.68. The number of nitrogens with one attached hydrogen (secondary N) is 1. The summed E-state index contributed by atoms with van der Waals surface area (Å²) in [6.07, 6.45) is 3.64. The molecule has 0 aromatic carbocycles. The van der Waals surface area contributed by atoms with Gasteiger partial charge in [0.15, 0.2) is 5.15 Å². The summed E-state index contributed by atoms with van der Waals surface area (Å²) in [6.45, 7) is 1.86. The Morgan fingerprint density at radius 1 is 1.39 bits per heavy atom. The Labute approximate surface area is 116 Å². The molecule has 2 atom stereocenters. The van der Waals surface area contributed by atoms with E-state index >= 15 is 0 Å². The fraction of sp³-hybridized carbons (Fsp3) is 0.538. The second-order valence-corrected chi connectivity index (χ2v) is 5.95. The summed E-state index contributed by atoms with van der Waals surface area (Å²) < 4.78 is 0. The Balaban J connectivity index is 1.75. The zero-order chi connectivity index (χ0) is 12.9. The first-order valence-corrected chi connectivity index (χ1v) is 6.97. The largest absolute Gasteiger partial charge is 0.323 e. The third kappa shape index (κ3) is 1.99. The summed E-state index contributed by atoms with van der Waals surface area (Å²) in [7, 11) is 0. The molecule has 3 nitrogen and oxygen atoms in total. The summed E-state index contributed by atoms with van der Waals surface area (Å²) in [5.74, 6) is 1.47. The van der Waals surface area contributed by atoms with Crippen molar-refractivity contribution < 1.29 is 4.79 Å². The molecule has 1 aromatic heterocycles. The molecule has 0 saturated heterocycles. The summed E-state index contributed by atoms with van der Waals surface area (Å²) in [5.41, 5.74) is 1.44. The van der Waals surface area contributed by atoms with Gasteiger partial charge in [0.1, 0.15) is 5.15 Å². The van der Waals surface area contributed by atoms with E-state index in [0.717, 1.165) is 5.56 Å². The number of amides is 1. The van der Waals surface area contributed by atoms with E-state index in [-0.39, 0.29) is 17.0 Å². The van der Waals surface area contributed by atoms with E-state index in [1.165, 1.54) is 19.3 Å². The van der Waals surface area contributed by atoms with E-state index in [1.807, 2.05) is 6.92 Å². The highest BCUT2D eigenvalue weighted by atomic mass is 35.5. The minimum absolute atomic E-state index is 0.0822. The van der Waals surface area contributed by atoms with Crippen LogP contribution in [0.4, 0.5) is 5.69 Å². The number of aromatic nitrogens is 1. The van der Waals surface area contributed by atoms with Gasteiger partial charge in [-0.15, -0.1) is 0 Å². The van der Waals surface area contributed by atoms with E-state index < -0.39 is 0 Å². The second kappa shape index (κ2) is 4.39. The van der Waals surface area contributed by atoms with E-state index in [9.17, 15) is 4.79 Å². The predicted molar refractivity (Wildman–Crippen MR) is 71.9 cm³/mol. The van der Waals surface area contributed by atoms with E-state index in [1.54, 1.807) is 6.07 Å². The highest BCUT2D eigenvalue weighted by molar-refractivity contribution is 6.34. The van der Waals surface area contributed by atoms with E-state index in [4.69, 9.17) is 23.2 Å². The van der Waals surface area contributed by atoms with Gasteiger partial charge in [-0.3, -0.25) is 4.79 Å². The van der Waals surface area contributed by atoms with Crippen LogP contribution in [-0.4, -0.2) is 10.9 Å². The second-order valence-electron chi connectivity index (χ2n) is 5.20. The molecule has 1 heterocycles. The van der Waals surface area contributed by atoms with Gasteiger partial charge in [-0.05, 0) is 43.2 Å². The molecule has 1 N–H and O–H groups in total. The maximum atomic E-state index is 12.1. The summed E-state index contributed by atoms with van der Waals surface area (Å²) in [5, 5.41) is 3.51. The molecule has 0 spiro atoms. The number of halogens is 2. The number of hydrogen-bond acceptors (Lipinski definition) is 2. The Morgan fingerprint density at radius 2 is 2.06 bits per heavy atom. The molecule has 0 radical (unpaired) electrons. The molecule has 0 aliphatic heterocycles. The first kappa shape index (κ1) is 12.2. The number of aryl methyl sites for hydroxylation is 1. The number of anilines is 1. The molecule has 2 fully saturated rings. The van der Waals surface area contributed by atoms with Crippen molar-refractivity contribution in [1.29, 1.82) is 0 Å². The molecule has 5 heteroatoms. The van der Waals surface area contributed by atoms with E-state index in [2.05, 4.69) is 10.3 Å². The maximum Gasteiger partial charge on any atom is 0.228 e. The first-order valence-electron chi connectivity index (χ1n) is 6.21. The molecule has 2 aliphatic rings. The molecule has 0 bridgehead atoms. The summed E-state index contributed by atoms with van der Waals surface area (Å²) in [4.78, 5) is 16.1. The first-order chi connectivity index (χ1) is 8.58. The van der Waals surface area contributed by atoms with Crippen LogP contribution in [0.25, 0.3) is 0 Å². The van der Waals surface area contributed by atoms with Gasteiger partial charge in [0.25, 0.3) is 0 Å². The van der Waals surface area contributed by atoms with Gasteiger partial charge in [0.2, 0.25) is 5.91 Å². The van der Waals surface area contributed by atoms with Crippen LogP contribution >= 0.6 is 23.2 Å². The standard InChI is InChI=1S/C13H14Cl2N2O/c1-6-5-9(14)16-12(15)11(6)17-13(18)10-7-3-2-4-8(7)10/h5,7-8,10H,2-4H2,1H3,(H,17,18). The minimum Gasteiger partial charge on any atom is -0.323 e. The zero-order valence-corrected chi connectivity index (χ0v) is 11.6. The van der Waals surface area contributed by atoms with Crippen LogP contribution in [0.3, 0.4) is 0 Å². The molecule has 18 heavy (non-hydrogen) atoms. The van der Waals surface area contributed by atoms with Gasteiger partial charge in [0.05, 0.1) is 5.69 Å². The van der Waals surface area contributed by atoms with Gasteiger partial charge < -0.3 is 5.32 Å². The van der Waals surface area contributed by atoms with Crippen molar-refractivity contribution in [3.8, 4) is 0 Å². The van der Waals surface area contributed by atoms with Crippen LogP contribution < -0.4 is 5.32 Å². The third-order valence-electron chi connectivity index (χ3n) is 4.10. The lowest BCUT2D eigenvalue weighted by molar-refractivity contribution is -0.118. The lowest BCUT2D eigenvalue weighted by Gasteiger charge is -2.11. The summed E-state index contributed by atoms with van der Waals surface area (Å²) >= 11 is 11.8. The fourth-order valence-corrected chi connectivity index (χ4v) is 3.74. The molecule has 2 aliphatic carbocycles. The summed E-state index contributed by atoms with van der Waals surface area (Å²) in [6, 6.07) is 1.71. The number of hydrogen-bond donors (Lipinski definition) is 1. The van der Waals surface area contributed by atoms with Gasteiger partial charge in [0, 0.05) is 5.92 Å². The Kier molecular flexibility index (Phi) is 2.99. The average molecular weight is 285 g/mol. The number of carbonyl (C=O) groups is 1. The number of nitrogens with zero attached hydrogens (tertiary/aromatic N) is 1. The number of pyridine rings is 1. The quantitative estimate of drug-likeness (QED) is 0.842. The van der Waals surface area contributed by atoms with Crippen molar-refractivity contribution in [2.75, 3.05) is 5.32 Å². The normalized spacial score (nSPS) is 28.9. The molecular weight excluding hydrogens is 271 g/mol. The smallest absolute Gasteiger partial charge is 0.228 e. The number of carbonyl (C=O) groups excluding carboxylic acids is 1. The average Bonchev–Trinajstić information content (AvgIpc) is 2.77. The lowest BCUT2D eigenvalue weighted by Crippen LogP contribution is -2.17. The molecular formula is C13H14Cl2N2O. The molecule has 3 rings (SSSR count). The topological polar surface area (TPSA) is 42.0 Å². The molecule has 1 amide bonds. The highest BCUT2D eigenvalue weighted by Gasteiger charge is 2.56. The molecule has 96 valence electrons. The van der Waals surface area contributed by atoms with Crippen molar-refractivity contribution in [2.24, 2.45) is 17.8 Å². The number of rotatable bonds is 2.